The topological polar surface area (TPSA) is 110 Å². The van der Waals surface area contributed by atoms with Gasteiger partial charge in [0.15, 0.2) is 5.69 Å². The van der Waals surface area contributed by atoms with Crippen molar-refractivity contribution in [3.8, 4) is 0 Å². The van der Waals surface area contributed by atoms with Crippen molar-refractivity contribution in [2.45, 2.75) is 6.54 Å². The summed E-state index contributed by atoms with van der Waals surface area (Å²) in [6, 6.07) is 14.8. The van der Waals surface area contributed by atoms with E-state index in [1.54, 1.807) is 6.07 Å². The maximum absolute atomic E-state index is 13.4. The Balaban J connectivity index is 2.01. The van der Waals surface area contributed by atoms with E-state index in [2.05, 4.69) is 4.98 Å². The number of hydrogen-bond donors (Lipinski definition) is 2. The van der Waals surface area contributed by atoms with Crippen LogP contribution in [-0.2, 0) is 16.1 Å². The largest absolute Gasteiger partial charge is 0.383 e. The van der Waals surface area contributed by atoms with Crippen LogP contribution >= 0.6 is 0 Å². The van der Waals surface area contributed by atoms with E-state index in [4.69, 9.17) is 10.5 Å². The molecule has 0 spiro atoms. The Bertz CT molecular complexity index is 1230. The molecule has 9 heteroatoms. The molecule has 0 saturated heterocycles. The summed E-state index contributed by atoms with van der Waals surface area (Å²) in [4.78, 5) is 41.4. The molecule has 3 aromatic rings. The van der Waals surface area contributed by atoms with E-state index < -0.39 is 23.0 Å². The zero-order chi connectivity index (χ0) is 23.1. The fraction of sp³-hybridized carbons (Fsp3) is 0.174. The van der Waals surface area contributed by atoms with Gasteiger partial charge in [0.1, 0.15) is 11.6 Å². The maximum Gasteiger partial charge on any atom is 0.330 e. The van der Waals surface area contributed by atoms with E-state index in [1.165, 1.54) is 42.0 Å². The summed E-state index contributed by atoms with van der Waals surface area (Å²) >= 11 is 0. The second-order valence-electron chi connectivity index (χ2n) is 6.94. The Morgan fingerprint density at radius 1 is 1.19 bits per heavy atom. The van der Waals surface area contributed by atoms with Gasteiger partial charge < -0.3 is 10.5 Å². The Hall–Kier alpha value is -3.98. The van der Waals surface area contributed by atoms with Gasteiger partial charge in [-0.2, -0.15) is 0 Å². The van der Waals surface area contributed by atoms with Crippen molar-refractivity contribution in [2.24, 2.45) is 0 Å². The van der Waals surface area contributed by atoms with Crippen LogP contribution in [-0.4, -0.2) is 35.7 Å². The SMILES string of the molecule is COCCN(C(=O)/C=C/c1cccc(F)c1)c1c(N)n(Cc2ccccc2)c(=O)[nH]c1=O. The quantitative estimate of drug-likeness (QED) is 0.523. The molecule has 0 aliphatic carbocycles. The summed E-state index contributed by atoms with van der Waals surface area (Å²) in [6.45, 7) is 0.247. The minimum atomic E-state index is -0.791. The number of rotatable bonds is 8. The molecule has 32 heavy (non-hydrogen) atoms. The maximum atomic E-state index is 13.4. The van der Waals surface area contributed by atoms with E-state index in [1.807, 2.05) is 30.3 Å². The van der Waals surface area contributed by atoms with Crippen LogP contribution in [0, 0.1) is 5.82 Å². The Labute approximate surface area is 183 Å². The summed E-state index contributed by atoms with van der Waals surface area (Å²) in [7, 11) is 1.45. The molecule has 1 heterocycles. The fourth-order valence-electron chi connectivity index (χ4n) is 3.14. The molecule has 1 amide bonds. The van der Waals surface area contributed by atoms with Gasteiger partial charge in [-0.1, -0.05) is 42.5 Å². The molecular weight excluding hydrogens is 415 g/mol. The van der Waals surface area contributed by atoms with Crippen LogP contribution < -0.4 is 21.9 Å². The summed E-state index contributed by atoms with van der Waals surface area (Å²) in [5.41, 5.74) is 5.83. The molecule has 0 unspecified atom stereocenters. The number of amides is 1. The molecule has 0 fully saturated rings. The highest BCUT2D eigenvalue weighted by Gasteiger charge is 2.23. The number of nitrogens with zero attached hydrogens (tertiary/aromatic N) is 2. The lowest BCUT2D eigenvalue weighted by molar-refractivity contribution is -0.114. The Kier molecular flexibility index (Phi) is 7.35. The molecule has 0 aliphatic rings. The molecule has 8 nitrogen and oxygen atoms in total. The van der Waals surface area contributed by atoms with Crippen LogP contribution in [0.2, 0.25) is 0 Å². The lowest BCUT2D eigenvalue weighted by Crippen LogP contribution is -2.42. The van der Waals surface area contributed by atoms with Crippen LogP contribution in [0.15, 0.2) is 70.3 Å². The number of nitrogens with one attached hydrogen (secondary N) is 1. The molecule has 1 aromatic heterocycles. The van der Waals surface area contributed by atoms with Crippen molar-refractivity contribution in [3.05, 3.63) is 98.5 Å². The second-order valence-corrected chi connectivity index (χ2v) is 6.94. The lowest BCUT2D eigenvalue weighted by Gasteiger charge is -2.23. The lowest BCUT2D eigenvalue weighted by atomic mass is 10.2. The number of carbonyl (C=O) groups is 1. The van der Waals surface area contributed by atoms with Crippen LogP contribution in [0.4, 0.5) is 15.9 Å². The third-order valence-corrected chi connectivity index (χ3v) is 4.72. The molecule has 2 aromatic carbocycles. The molecule has 0 saturated carbocycles. The van der Waals surface area contributed by atoms with Gasteiger partial charge in [-0.25, -0.2) is 9.18 Å². The average Bonchev–Trinajstić information content (AvgIpc) is 2.78. The predicted octanol–water partition coefficient (Wildman–Crippen LogP) is 2.00. The highest BCUT2D eigenvalue weighted by atomic mass is 19.1. The first kappa shape index (κ1) is 22.7. The van der Waals surface area contributed by atoms with Crippen molar-refractivity contribution in [3.63, 3.8) is 0 Å². The molecule has 0 radical (unpaired) electrons. The highest BCUT2D eigenvalue weighted by molar-refractivity contribution is 6.05. The number of anilines is 2. The van der Waals surface area contributed by atoms with Crippen molar-refractivity contribution in [1.29, 1.82) is 0 Å². The molecule has 3 rings (SSSR count). The van der Waals surface area contributed by atoms with Crippen molar-refractivity contribution < 1.29 is 13.9 Å². The highest BCUT2D eigenvalue weighted by Crippen LogP contribution is 2.18. The fourth-order valence-corrected chi connectivity index (χ4v) is 3.14. The van der Waals surface area contributed by atoms with E-state index in [0.29, 0.717) is 5.56 Å². The van der Waals surface area contributed by atoms with Gasteiger partial charge in [-0.3, -0.25) is 24.0 Å². The van der Waals surface area contributed by atoms with E-state index in [0.717, 1.165) is 10.5 Å². The molecule has 0 aliphatic heterocycles. The zero-order valence-corrected chi connectivity index (χ0v) is 17.5. The second kappa shape index (κ2) is 10.4. The molecule has 0 atom stereocenters. The van der Waals surface area contributed by atoms with E-state index in [-0.39, 0.29) is 31.2 Å². The van der Waals surface area contributed by atoms with Crippen LogP contribution in [0.5, 0.6) is 0 Å². The van der Waals surface area contributed by atoms with Crippen LogP contribution in [0.25, 0.3) is 6.08 Å². The number of benzene rings is 2. The monoisotopic (exact) mass is 438 g/mol. The number of methoxy groups -OCH3 is 1. The van der Waals surface area contributed by atoms with Gasteiger partial charge in [0.05, 0.1) is 13.2 Å². The van der Waals surface area contributed by atoms with Crippen LogP contribution in [0.1, 0.15) is 11.1 Å². The predicted molar refractivity (Wildman–Crippen MR) is 121 cm³/mol. The third kappa shape index (κ3) is 5.38. The third-order valence-electron chi connectivity index (χ3n) is 4.72. The standard InChI is InChI=1S/C23H23FN4O4/c1-32-13-12-27(19(29)11-10-16-8-5-9-18(24)14-16)20-21(25)28(23(31)26-22(20)30)15-17-6-3-2-4-7-17/h2-11,14H,12-13,15,25H2,1H3,(H,26,30,31)/b11-10+. The first-order valence-corrected chi connectivity index (χ1v) is 9.81. The average molecular weight is 438 g/mol. The molecule has 0 bridgehead atoms. The number of ether oxygens (including phenoxy) is 1. The van der Waals surface area contributed by atoms with Crippen molar-refractivity contribution in [1.82, 2.24) is 9.55 Å². The van der Waals surface area contributed by atoms with E-state index in [9.17, 15) is 18.8 Å². The zero-order valence-electron chi connectivity index (χ0n) is 17.5. The number of H-pyrrole nitrogens is 1. The van der Waals surface area contributed by atoms with Gasteiger partial charge >= 0.3 is 5.69 Å². The van der Waals surface area contributed by atoms with Gasteiger partial charge in [0.25, 0.3) is 11.5 Å². The van der Waals surface area contributed by atoms with Crippen molar-refractivity contribution in [2.75, 3.05) is 30.9 Å². The first-order chi connectivity index (χ1) is 15.4. The van der Waals surface area contributed by atoms with Crippen molar-refractivity contribution >= 4 is 23.5 Å². The van der Waals surface area contributed by atoms with Gasteiger partial charge in [-0.05, 0) is 29.3 Å². The van der Waals surface area contributed by atoms with Gasteiger partial charge in [-0.15, -0.1) is 0 Å². The number of carbonyl (C=O) groups excluding carboxylic acids is 1. The summed E-state index contributed by atoms with van der Waals surface area (Å²) in [5.74, 6) is -1.16. The Morgan fingerprint density at radius 2 is 1.94 bits per heavy atom. The molecule has 166 valence electrons. The molecule has 3 N–H and O–H groups in total. The van der Waals surface area contributed by atoms with Gasteiger partial charge in [0.2, 0.25) is 0 Å². The number of hydrogen-bond acceptors (Lipinski definition) is 5. The number of halogens is 1. The normalized spacial score (nSPS) is 11.1. The van der Waals surface area contributed by atoms with Gasteiger partial charge in [0, 0.05) is 19.7 Å². The smallest absolute Gasteiger partial charge is 0.330 e. The first-order valence-electron chi connectivity index (χ1n) is 9.81. The van der Waals surface area contributed by atoms with Crippen LogP contribution in [0.3, 0.4) is 0 Å². The number of aromatic amines is 1. The number of nitrogen functional groups attached to an aromatic ring is 1. The summed E-state index contributed by atoms with van der Waals surface area (Å²) in [5, 5.41) is 0. The Morgan fingerprint density at radius 3 is 2.62 bits per heavy atom. The number of aromatic nitrogens is 2. The minimum Gasteiger partial charge on any atom is -0.383 e. The summed E-state index contributed by atoms with van der Waals surface area (Å²) in [6.07, 6.45) is 2.63. The summed E-state index contributed by atoms with van der Waals surface area (Å²) < 4.78 is 19.7. The molecular formula is C23H23FN4O4. The number of nitrogens with two attached hydrogens (primary N) is 1. The van der Waals surface area contributed by atoms with E-state index >= 15 is 0 Å². The minimum absolute atomic E-state index is 0.0135.